The van der Waals surface area contributed by atoms with Crippen LogP contribution in [0.4, 0.5) is 24.8 Å². The third kappa shape index (κ3) is 2.85. The number of hydrogen-bond acceptors (Lipinski definition) is 4. The van der Waals surface area contributed by atoms with Crippen molar-refractivity contribution in [2.45, 2.75) is 5.92 Å². The van der Waals surface area contributed by atoms with Gasteiger partial charge in [-0.1, -0.05) is 12.1 Å². The summed E-state index contributed by atoms with van der Waals surface area (Å²) in [5.41, 5.74) is -0.0250. The summed E-state index contributed by atoms with van der Waals surface area (Å²) in [5, 5.41) is 10.0. The zero-order valence-corrected chi connectivity index (χ0v) is 13.2. The first-order valence-electron chi connectivity index (χ1n) is 7.71. The summed E-state index contributed by atoms with van der Waals surface area (Å²) >= 11 is 0. The molecule has 26 heavy (non-hydrogen) atoms. The molecule has 0 amide bonds. The maximum absolute atomic E-state index is 14.9. The Kier molecular flexibility index (Phi) is 3.80. The van der Waals surface area contributed by atoms with Crippen LogP contribution in [0.1, 0.15) is 11.4 Å². The molecule has 0 aliphatic heterocycles. The Morgan fingerprint density at radius 3 is 2.42 bits per heavy atom. The predicted molar refractivity (Wildman–Crippen MR) is 90.8 cm³/mol. The Hall–Kier alpha value is -3.42. The van der Waals surface area contributed by atoms with Crippen molar-refractivity contribution in [1.82, 2.24) is 20.2 Å². The molecule has 5 nitrogen and oxygen atoms in total. The monoisotopic (exact) mass is 355 g/mol. The number of H-pyrrole nitrogens is 1. The van der Waals surface area contributed by atoms with E-state index in [2.05, 4.69) is 25.5 Å². The average Bonchev–Trinajstić information content (AvgIpc) is 3.15. The van der Waals surface area contributed by atoms with Crippen LogP contribution in [0.15, 0.2) is 60.8 Å². The van der Waals surface area contributed by atoms with Crippen LogP contribution in [0.5, 0.6) is 0 Å². The van der Waals surface area contributed by atoms with Crippen LogP contribution < -0.4 is 5.32 Å². The van der Waals surface area contributed by atoms with Gasteiger partial charge < -0.3 is 5.32 Å². The van der Waals surface area contributed by atoms with Crippen molar-refractivity contribution >= 4 is 22.5 Å². The van der Waals surface area contributed by atoms with Gasteiger partial charge in [0, 0.05) is 17.0 Å². The molecule has 0 aliphatic rings. The number of alkyl halides is 2. The molecule has 2 aromatic carbocycles. The topological polar surface area (TPSA) is 66.5 Å². The highest BCUT2D eigenvalue weighted by atomic mass is 19.3. The zero-order valence-electron chi connectivity index (χ0n) is 13.2. The van der Waals surface area contributed by atoms with Crippen molar-refractivity contribution in [3.8, 4) is 0 Å². The van der Waals surface area contributed by atoms with Gasteiger partial charge in [0.2, 0.25) is 5.82 Å². The largest absolute Gasteiger partial charge is 0.331 e. The Balaban J connectivity index is 1.86. The molecule has 0 atom stereocenters. The first-order chi connectivity index (χ1) is 12.5. The molecule has 0 unspecified atom stereocenters. The summed E-state index contributed by atoms with van der Waals surface area (Å²) in [6, 6.07) is 12.5. The van der Waals surface area contributed by atoms with Gasteiger partial charge >= 0.3 is 5.92 Å². The van der Waals surface area contributed by atoms with Crippen molar-refractivity contribution in [3.05, 3.63) is 78.0 Å². The van der Waals surface area contributed by atoms with E-state index in [9.17, 15) is 13.2 Å². The quantitative estimate of drug-likeness (QED) is 0.570. The second-order valence-electron chi connectivity index (χ2n) is 5.59. The number of para-hydroxylation sites is 1. The number of nitrogens with zero attached hydrogens (tertiary/aromatic N) is 3. The molecule has 0 fully saturated rings. The molecule has 4 rings (SSSR count). The first-order valence-corrected chi connectivity index (χ1v) is 7.71. The van der Waals surface area contributed by atoms with Crippen LogP contribution in [-0.2, 0) is 5.92 Å². The summed E-state index contributed by atoms with van der Waals surface area (Å²) in [4.78, 5) is 8.05. The summed E-state index contributed by atoms with van der Waals surface area (Å²) in [5.74, 6) is -4.03. The van der Waals surface area contributed by atoms with Gasteiger partial charge in [0.15, 0.2) is 0 Å². The van der Waals surface area contributed by atoms with Gasteiger partial charge in [0.05, 0.1) is 11.7 Å². The molecule has 130 valence electrons. The number of aromatic amines is 1. The third-order valence-electron chi connectivity index (χ3n) is 3.84. The highest BCUT2D eigenvalue weighted by Gasteiger charge is 2.38. The Morgan fingerprint density at radius 1 is 0.923 bits per heavy atom. The van der Waals surface area contributed by atoms with E-state index in [0.29, 0.717) is 16.7 Å². The fourth-order valence-corrected chi connectivity index (χ4v) is 2.55. The predicted octanol–water partition coefficient (Wildman–Crippen LogP) is 4.38. The number of benzene rings is 2. The van der Waals surface area contributed by atoms with Gasteiger partial charge in [-0.2, -0.15) is 13.9 Å². The van der Waals surface area contributed by atoms with Gasteiger partial charge in [-0.3, -0.25) is 5.10 Å². The zero-order chi connectivity index (χ0) is 18.1. The van der Waals surface area contributed by atoms with Gasteiger partial charge in [-0.15, -0.1) is 0 Å². The summed E-state index contributed by atoms with van der Waals surface area (Å²) in [6.45, 7) is 0. The molecule has 0 aliphatic carbocycles. The molecule has 0 bridgehead atoms. The normalized spacial score (nSPS) is 11.7. The maximum Gasteiger partial charge on any atom is 0.331 e. The van der Waals surface area contributed by atoms with Crippen molar-refractivity contribution in [1.29, 1.82) is 0 Å². The fraction of sp³-hybridized carbons (Fsp3) is 0.0556. The van der Waals surface area contributed by atoms with E-state index in [4.69, 9.17) is 0 Å². The molecule has 4 aromatic rings. The van der Waals surface area contributed by atoms with E-state index in [1.54, 1.807) is 30.3 Å². The first kappa shape index (κ1) is 16.1. The molecular weight excluding hydrogens is 343 g/mol. The third-order valence-corrected chi connectivity index (χ3v) is 3.84. The Morgan fingerprint density at radius 2 is 1.69 bits per heavy atom. The number of halogens is 3. The van der Waals surface area contributed by atoms with Crippen molar-refractivity contribution in [2.24, 2.45) is 0 Å². The van der Waals surface area contributed by atoms with Crippen LogP contribution in [-0.4, -0.2) is 20.2 Å². The van der Waals surface area contributed by atoms with Gasteiger partial charge in [0.1, 0.15) is 17.5 Å². The fourth-order valence-electron chi connectivity index (χ4n) is 2.55. The van der Waals surface area contributed by atoms with Crippen molar-refractivity contribution < 1.29 is 13.2 Å². The highest BCUT2D eigenvalue weighted by molar-refractivity contribution is 5.90. The number of aromatic nitrogens is 4. The van der Waals surface area contributed by atoms with Crippen molar-refractivity contribution in [2.75, 3.05) is 5.32 Å². The second kappa shape index (κ2) is 6.14. The van der Waals surface area contributed by atoms with Crippen molar-refractivity contribution in [3.63, 3.8) is 0 Å². The van der Waals surface area contributed by atoms with Crippen LogP contribution in [0.2, 0.25) is 0 Å². The standard InChI is InChI=1S/C18H12F3N5/c19-12-7-5-11(6-8-12)18(20,21)17-23-14-4-2-1-3-13(14)16(25-17)24-15-9-10-22-26-15/h1-10H,(H2,22,23,24,25,26). The highest BCUT2D eigenvalue weighted by Crippen LogP contribution is 2.36. The van der Waals surface area contributed by atoms with Gasteiger partial charge in [-0.25, -0.2) is 14.4 Å². The summed E-state index contributed by atoms with van der Waals surface area (Å²) in [7, 11) is 0. The number of anilines is 2. The second-order valence-corrected chi connectivity index (χ2v) is 5.59. The van der Waals surface area contributed by atoms with E-state index in [1.807, 2.05) is 0 Å². The molecule has 0 spiro atoms. The Labute approximate surface area is 145 Å². The van der Waals surface area contributed by atoms with Crippen LogP contribution in [0.3, 0.4) is 0 Å². The number of nitrogens with one attached hydrogen (secondary N) is 2. The molecule has 0 saturated heterocycles. The number of rotatable bonds is 4. The van der Waals surface area contributed by atoms with E-state index >= 15 is 0 Å². The lowest BCUT2D eigenvalue weighted by Gasteiger charge is -2.17. The smallest absolute Gasteiger partial charge is 0.325 e. The molecular formula is C18H12F3N5. The van der Waals surface area contributed by atoms with E-state index in [1.165, 1.54) is 6.20 Å². The SMILES string of the molecule is Fc1ccc(C(F)(F)c2nc(Nc3ccn[nH]3)c3ccccc3n2)cc1. The lowest BCUT2D eigenvalue weighted by atomic mass is 10.1. The molecule has 0 radical (unpaired) electrons. The average molecular weight is 355 g/mol. The minimum atomic E-state index is -3.48. The van der Waals surface area contributed by atoms with Crippen LogP contribution in [0.25, 0.3) is 10.9 Å². The number of fused-ring (bicyclic) bond motifs is 1. The van der Waals surface area contributed by atoms with Crippen LogP contribution in [0, 0.1) is 5.82 Å². The van der Waals surface area contributed by atoms with E-state index in [0.717, 1.165) is 24.3 Å². The molecule has 8 heteroatoms. The van der Waals surface area contributed by atoms with Gasteiger partial charge in [-0.05, 0) is 36.4 Å². The minimum Gasteiger partial charge on any atom is -0.325 e. The van der Waals surface area contributed by atoms with E-state index in [-0.39, 0.29) is 11.4 Å². The molecule has 2 heterocycles. The summed E-state index contributed by atoms with van der Waals surface area (Å²) < 4.78 is 42.9. The van der Waals surface area contributed by atoms with Gasteiger partial charge in [0.25, 0.3) is 0 Å². The van der Waals surface area contributed by atoms with Crippen LogP contribution >= 0.6 is 0 Å². The molecule has 2 aromatic heterocycles. The lowest BCUT2D eigenvalue weighted by molar-refractivity contribution is 0.0333. The molecule has 0 saturated carbocycles. The summed E-state index contributed by atoms with van der Waals surface area (Å²) in [6.07, 6.45) is 1.53. The molecule has 2 N–H and O–H groups in total. The lowest BCUT2D eigenvalue weighted by Crippen LogP contribution is -2.20. The Bertz CT molecular complexity index is 1050. The minimum absolute atomic E-state index is 0.219. The number of hydrogen-bond donors (Lipinski definition) is 2. The maximum atomic E-state index is 14.9. The van der Waals surface area contributed by atoms with E-state index < -0.39 is 17.6 Å².